The van der Waals surface area contributed by atoms with Crippen LogP contribution in [0, 0.1) is 12.7 Å². The third-order valence-corrected chi connectivity index (χ3v) is 2.96. The monoisotopic (exact) mass is 250 g/mol. The molecule has 0 aromatic heterocycles. The zero-order valence-electron chi connectivity index (χ0n) is 9.32. The molecular formula is C14H12ClFO. The number of halogens is 2. The molecule has 1 N–H and O–H groups in total. The maximum Gasteiger partial charge on any atom is 0.123 e. The number of aliphatic hydroxyl groups is 1. The Labute approximate surface area is 104 Å². The first kappa shape index (κ1) is 12.1. The van der Waals surface area contributed by atoms with Gasteiger partial charge >= 0.3 is 0 Å². The van der Waals surface area contributed by atoms with Crippen LogP contribution < -0.4 is 0 Å². The number of aliphatic hydroxyl groups excluding tert-OH is 1. The highest BCUT2D eigenvalue weighted by atomic mass is 35.5. The Morgan fingerprint density at radius 2 is 1.76 bits per heavy atom. The summed E-state index contributed by atoms with van der Waals surface area (Å²) in [5, 5.41) is 10.8. The van der Waals surface area contributed by atoms with Crippen molar-refractivity contribution in [3.8, 4) is 0 Å². The van der Waals surface area contributed by atoms with Gasteiger partial charge in [0.25, 0.3) is 0 Å². The summed E-state index contributed by atoms with van der Waals surface area (Å²) in [6.45, 7) is 1.90. The van der Waals surface area contributed by atoms with Gasteiger partial charge in [0, 0.05) is 5.02 Å². The minimum absolute atomic E-state index is 0.316. The smallest absolute Gasteiger partial charge is 0.123 e. The van der Waals surface area contributed by atoms with E-state index in [4.69, 9.17) is 11.6 Å². The molecule has 0 bridgehead atoms. The van der Waals surface area contributed by atoms with Gasteiger partial charge in [0.05, 0.1) is 0 Å². The van der Waals surface area contributed by atoms with Crippen LogP contribution in [0.3, 0.4) is 0 Å². The van der Waals surface area contributed by atoms with Crippen LogP contribution in [0.5, 0.6) is 0 Å². The van der Waals surface area contributed by atoms with E-state index in [2.05, 4.69) is 0 Å². The lowest BCUT2D eigenvalue weighted by molar-refractivity contribution is 0.219. The number of aryl methyl sites for hydroxylation is 1. The highest BCUT2D eigenvalue weighted by Crippen LogP contribution is 2.27. The van der Waals surface area contributed by atoms with Crippen molar-refractivity contribution in [2.75, 3.05) is 0 Å². The van der Waals surface area contributed by atoms with Gasteiger partial charge in [-0.25, -0.2) is 4.39 Å². The maximum absolute atomic E-state index is 12.8. The van der Waals surface area contributed by atoms with Gasteiger partial charge in [-0.2, -0.15) is 0 Å². The van der Waals surface area contributed by atoms with E-state index in [0.29, 0.717) is 10.6 Å². The van der Waals surface area contributed by atoms with Gasteiger partial charge in [-0.1, -0.05) is 29.8 Å². The minimum Gasteiger partial charge on any atom is -0.384 e. The first-order valence-electron chi connectivity index (χ1n) is 5.27. The van der Waals surface area contributed by atoms with Crippen LogP contribution in [0.15, 0.2) is 42.5 Å². The quantitative estimate of drug-likeness (QED) is 0.858. The Balaban J connectivity index is 2.39. The summed E-state index contributed by atoms with van der Waals surface area (Å²) in [6.07, 6.45) is -0.783. The van der Waals surface area contributed by atoms with E-state index in [0.717, 1.165) is 11.1 Å². The lowest BCUT2D eigenvalue weighted by atomic mass is 9.97. The van der Waals surface area contributed by atoms with Crippen molar-refractivity contribution < 1.29 is 9.50 Å². The predicted octanol–water partition coefficient (Wildman–Crippen LogP) is 3.87. The number of benzene rings is 2. The van der Waals surface area contributed by atoms with Gasteiger partial charge in [0.1, 0.15) is 11.9 Å². The third-order valence-electron chi connectivity index (χ3n) is 2.72. The third kappa shape index (κ3) is 2.65. The second-order valence-corrected chi connectivity index (χ2v) is 4.39. The molecule has 0 radical (unpaired) electrons. The van der Waals surface area contributed by atoms with Gasteiger partial charge in [0.15, 0.2) is 0 Å². The standard InChI is InChI=1S/C14H12ClFO/c1-9-2-5-11(15)8-13(9)14(17)10-3-6-12(16)7-4-10/h2-8,14,17H,1H3. The van der Waals surface area contributed by atoms with Crippen LogP contribution in [0.1, 0.15) is 22.8 Å². The largest absolute Gasteiger partial charge is 0.384 e. The van der Waals surface area contributed by atoms with E-state index in [1.54, 1.807) is 24.3 Å². The first-order chi connectivity index (χ1) is 8.08. The van der Waals surface area contributed by atoms with E-state index in [1.807, 2.05) is 13.0 Å². The molecule has 1 nitrogen and oxygen atoms in total. The summed E-state index contributed by atoms with van der Waals surface area (Å²) in [6, 6.07) is 11.2. The van der Waals surface area contributed by atoms with Crippen molar-refractivity contribution in [3.05, 3.63) is 70.0 Å². The SMILES string of the molecule is Cc1ccc(Cl)cc1C(O)c1ccc(F)cc1. The van der Waals surface area contributed by atoms with Crippen LogP contribution >= 0.6 is 11.6 Å². The fourth-order valence-electron chi connectivity index (χ4n) is 1.73. The van der Waals surface area contributed by atoms with E-state index >= 15 is 0 Å². The van der Waals surface area contributed by atoms with Crippen LogP contribution in [-0.2, 0) is 0 Å². The summed E-state index contributed by atoms with van der Waals surface area (Å²) < 4.78 is 12.8. The van der Waals surface area contributed by atoms with Gasteiger partial charge in [-0.05, 0) is 47.9 Å². The van der Waals surface area contributed by atoms with Crippen molar-refractivity contribution in [2.24, 2.45) is 0 Å². The molecule has 0 saturated carbocycles. The molecule has 0 aliphatic rings. The molecule has 2 aromatic rings. The molecule has 1 atom stereocenters. The molecule has 88 valence electrons. The molecule has 0 aliphatic carbocycles. The van der Waals surface area contributed by atoms with E-state index in [-0.39, 0.29) is 5.82 Å². The summed E-state index contributed by atoms with van der Waals surface area (Å²) in [5.74, 6) is -0.316. The highest BCUT2D eigenvalue weighted by Gasteiger charge is 2.13. The summed E-state index contributed by atoms with van der Waals surface area (Å²) in [7, 11) is 0. The molecule has 0 saturated heterocycles. The number of hydrogen-bond donors (Lipinski definition) is 1. The molecule has 2 rings (SSSR count). The van der Waals surface area contributed by atoms with Crippen LogP contribution in [-0.4, -0.2) is 5.11 Å². The Hall–Kier alpha value is -1.38. The zero-order valence-corrected chi connectivity index (χ0v) is 10.1. The molecule has 1 unspecified atom stereocenters. The first-order valence-corrected chi connectivity index (χ1v) is 5.65. The van der Waals surface area contributed by atoms with Crippen molar-refractivity contribution in [1.29, 1.82) is 0 Å². The molecule has 0 amide bonds. The zero-order chi connectivity index (χ0) is 12.4. The fourth-order valence-corrected chi connectivity index (χ4v) is 1.91. The Morgan fingerprint density at radius 1 is 1.12 bits per heavy atom. The normalized spacial score (nSPS) is 12.5. The lowest BCUT2D eigenvalue weighted by Crippen LogP contribution is -2.02. The van der Waals surface area contributed by atoms with E-state index in [1.165, 1.54) is 12.1 Å². The second kappa shape index (κ2) is 4.86. The van der Waals surface area contributed by atoms with Gasteiger partial charge < -0.3 is 5.11 Å². The number of hydrogen-bond acceptors (Lipinski definition) is 1. The highest BCUT2D eigenvalue weighted by molar-refractivity contribution is 6.30. The molecular weight excluding hydrogens is 239 g/mol. The van der Waals surface area contributed by atoms with Crippen molar-refractivity contribution in [3.63, 3.8) is 0 Å². The van der Waals surface area contributed by atoms with Gasteiger partial charge in [-0.3, -0.25) is 0 Å². The Kier molecular flexibility index (Phi) is 3.46. The Morgan fingerprint density at radius 3 is 2.41 bits per heavy atom. The van der Waals surface area contributed by atoms with Crippen molar-refractivity contribution in [2.45, 2.75) is 13.0 Å². The topological polar surface area (TPSA) is 20.2 Å². The average molecular weight is 251 g/mol. The molecule has 0 aliphatic heterocycles. The number of rotatable bonds is 2. The molecule has 2 aromatic carbocycles. The van der Waals surface area contributed by atoms with Crippen LogP contribution in [0.25, 0.3) is 0 Å². The summed E-state index contributed by atoms with van der Waals surface area (Å²) >= 11 is 5.90. The van der Waals surface area contributed by atoms with Gasteiger partial charge in [-0.15, -0.1) is 0 Å². The van der Waals surface area contributed by atoms with Crippen molar-refractivity contribution >= 4 is 11.6 Å². The molecule has 3 heteroatoms. The van der Waals surface area contributed by atoms with E-state index < -0.39 is 6.10 Å². The predicted molar refractivity (Wildman–Crippen MR) is 66.7 cm³/mol. The summed E-state index contributed by atoms with van der Waals surface area (Å²) in [5.41, 5.74) is 2.34. The lowest BCUT2D eigenvalue weighted by Gasteiger charge is -2.14. The van der Waals surface area contributed by atoms with Crippen molar-refractivity contribution in [1.82, 2.24) is 0 Å². The Bertz CT molecular complexity index is 522. The molecule has 0 heterocycles. The maximum atomic E-state index is 12.8. The molecule has 17 heavy (non-hydrogen) atoms. The van der Waals surface area contributed by atoms with Crippen LogP contribution in [0.2, 0.25) is 5.02 Å². The van der Waals surface area contributed by atoms with Crippen LogP contribution in [0.4, 0.5) is 4.39 Å². The van der Waals surface area contributed by atoms with E-state index in [9.17, 15) is 9.50 Å². The molecule has 0 fully saturated rings. The average Bonchev–Trinajstić information content (AvgIpc) is 2.32. The van der Waals surface area contributed by atoms with Gasteiger partial charge in [0.2, 0.25) is 0 Å². The molecule has 0 spiro atoms. The fraction of sp³-hybridized carbons (Fsp3) is 0.143. The second-order valence-electron chi connectivity index (χ2n) is 3.95. The summed E-state index contributed by atoms with van der Waals surface area (Å²) in [4.78, 5) is 0. The minimum atomic E-state index is -0.783.